The van der Waals surface area contributed by atoms with Gasteiger partial charge in [-0.1, -0.05) is 0 Å². The van der Waals surface area contributed by atoms with E-state index in [4.69, 9.17) is 0 Å². The Morgan fingerprint density at radius 2 is 1.56 bits per heavy atom. The Morgan fingerprint density at radius 1 is 1.11 bits per heavy atom. The summed E-state index contributed by atoms with van der Waals surface area (Å²) in [5.41, 5.74) is -0.891. The molecule has 1 aliphatic rings. The number of hydrogen-bond donors (Lipinski definition) is 2. The average molecular weight is 261 g/mol. The summed E-state index contributed by atoms with van der Waals surface area (Å²) in [6, 6.07) is 0.804. The second-order valence-electron chi connectivity index (χ2n) is 4.09. The van der Waals surface area contributed by atoms with Gasteiger partial charge in [-0.25, -0.2) is 13.2 Å². The van der Waals surface area contributed by atoms with Crippen LogP contribution < -0.4 is 0 Å². The van der Waals surface area contributed by atoms with Crippen molar-refractivity contribution in [1.29, 1.82) is 0 Å². The van der Waals surface area contributed by atoms with E-state index in [1.807, 2.05) is 0 Å². The molecule has 4 nitrogen and oxygen atoms in total. The second kappa shape index (κ2) is 4.58. The summed E-state index contributed by atoms with van der Waals surface area (Å²) in [5, 5.41) is 18.5. The molecule has 2 atom stereocenters. The molecular formula is C11H10F3NO3. The Bertz CT molecular complexity index is 461. The third kappa shape index (κ3) is 2.19. The molecule has 0 aromatic heterocycles. The highest BCUT2D eigenvalue weighted by atomic mass is 19.1. The van der Waals surface area contributed by atoms with Crippen LogP contribution in [0.1, 0.15) is 10.4 Å². The molecule has 1 aromatic carbocycles. The van der Waals surface area contributed by atoms with E-state index in [9.17, 15) is 28.2 Å². The maximum atomic E-state index is 13.4. The van der Waals surface area contributed by atoms with Crippen LogP contribution in [0, 0.1) is 17.5 Å². The number of nitrogens with zero attached hydrogens (tertiary/aromatic N) is 1. The van der Waals surface area contributed by atoms with Crippen molar-refractivity contribution in [2.24, 2.45) is 0 Å². The van der Waals surface area contributed by atoms with Gasteiger partial charge in [0.1, 0.15) is 23.0 Å². The Hall–Kier alpha value is -1.60. The lowest BCUT2D eigenvalue weighted by Gasteiger charge is -2.16. The Kier molecular flexibility index (Phi) is 3.27. The van der Waals surface area contributed by atoms with Gasteiger partial charge in [0.25, 0.3) is 5.91 Å². The zero-order chi connectivity index (χ0) is 13.4. The topological polar surface area (TPSA) is 60.8 Å². The fraction of sp³-hybridized carbons (Fsp3) is 0.364. The van der Waals surface area contributed by atoms with Crippen LogP contribution >= 0.6 is 0 Å². The molecule has 1 heterocycles. The van der Waals surface area contributed by atoms with E-state index in [1.165, 1.54) is 0 Å². The largest absolute Gasteiger partial charge is 0.388 e. The molecule has 7 heteroatoms. The first-order valence-electron chi connectivity index (χ1n) is 5.20. The number of carbonyl (C=O) groups is 1. The van der Waals surface area contributed by atoms with E-state index in [1.54, 1.807) is 0 Å². The number of amides is 1. The van der Waals surface area contributed by atoms with Gasteiger partial charge in [-0.3, -0.25) is 4.79 Å². The highest BCUT2D eigenvalue weighted by Gasteiger charge is 2.35. The van der Waals surface area contributed by atoms with Crippen molar-refractivity contribution in [2.75, 3.05) is 13.1 Å². The third-order valence-corrected chi connectivity index (χ3v) is 2.77. The molecule has 0 saturated carbocycles. The van der Waals surface area contributed by atoms with Crippen molar-refractivity contribution in [1.82, 2.24) is 4.90 Å². The SMILES string of the molecule is O=C(c1c(F)cc(F)cc1F)N1CC(O)C(O)C1. The van der Waals surface area contributed by atoms with Crippen LogP contribution in [0.2, 0.25) is 0 Å². The minimum absolute atomic E-state index is 0.226. The molecule has 1 amide bonds. The molecule has 0 aliphatic carbocycles. The first-order valence-corrected chi connectivity index (χ1v) is 5.20. The zero-order valence-electron chi connectivity index (χ0n) is 9.11. The number of aliphatic hydroxyl groups excluding tert-OH is 2. The molecule has 0 radical (unpaired) electrons. The van der Waals surface area contributed by atoms with E-state index in [-0.39, 0.29) is 13.1 Å². The molecule has 1 aromatic rings. The molecule has 2 unspecified atom stereocenters. The number of hydrogen-bond acceptors (Lipinski definition) is 3. The maximum absolute atomic E-state index is 13.4. The van der Waals surface area contributed by atoms with Gasteiger partial charge in [0, 0.05) is 25.2 Å². The molecular weight excluding hydrogens is 251 g/mol. The summed E-state index contributed by atoms with van der Waals surface area (Å²) in [4.78, 5) is 12.7. The number of likely N-dealkylation sites (tertiary alicyclic amines) is 1. The van der Waals surface area contributed by atoms with Crippen molar-refractivity contribution in [3.63, 3.8) is 0 Å². The van der Waals surface area contributed by atoms with Gasteiger partial charge in [0.05, 0.1) is 12.2 Å². The summed E-state index contributed by atoms with van der Waals surface area (Å²) in [5.74, 6) is -4.77. The van der Waals surface area contributed by atoms with Crippen LogP contribution in [-0.2, 0) is 0 Å². The van der Waals surface area contributed by atoms with Crippen molar-refractivity contribution in [3.8, 4) is 0 Å². The average Bonchev–Trinajstić information content (AvgIpc) is 2.57. The highest BCUT2D eigenvalue weighted by molar-refractivity contribution is 5.95. The van der Waals surface area contributed by atoms with Crippen LogP contribution in [0.25, 0.3) is 0 Å². The van der Waals surface area contributed by atoms with Gasteiger partial charge in [-0.2, -0.15) is 0 Å². The molecule has 2 N–H and O–H groups in total. The van der Waals surface area contributed by atoms with Crippen molar-refractivity contribution in [3.05, 3.63) is 35.1 Å². The first-order chi connectivity index (χ1) is 8.40. The fourth-order valence-electron chi connectivity index (χ4n) is 1.84. The van der Waals surface area contributed by atoms with E-state index in [2.05, 4.69) is 0 Å². The Balaban J connectivity index is 2.30. The van der Waals surface area contributed by atoms with Gasteiger partial charge in [0.15, 0.2) is 0 Å². The molecule has 18 heavy (non-hydrogen) atoms. The van der Waals surface area contributed by atoms with E-state index in [0.29, 0.717) is 12.1 Å². The third-order valence-electron chi connectivity index (χ3n) is 2.77. The highest BCUT2D eigenvalue weighted by Crippen LogP contribution is 2.20. The van der Waals surface area contributed by atoms with Crippen LogP contribution in [0.4, 0.5) is 13.2 Å². The lowest BCUT2D eigenvalue weighted by atomic mass is 10.1. The van der Waals surface area contributed by atoms with E-state index >= 15 is 0 Å². The number of benzene rings is 1. The summed E-state index contributed by atoms with van der Waals surface area (Å²) < 4.78 is 39.4. The van der Waals surface area contributed by atoms with Gasteiger partial charge >= 0.3 is 0 Å². The van der Waals surface area contributed by atoms with Crippen LogP contribution in [-0.4, -0.2) is 46.3 Å². The smallest absolute Gasteiger partial charge is 0.260 e. The Labute approximate surface area is 100 Å². The van der Waals surface area contributed by atoms with Crippen LogP contribution in [0.5, 0.6) is 0 Å². The fourth-order valence-corrected chi connectivity index (χ4v) is 1.84. The predicted octanol–water partition coefficient (Wildman–Crippen LogP) is 0.282. The van der Waals surface area contributed by atoms with Gasteiger partial charge in [-0.15, -0.1) is 0 Å². The van der Waals surface area contributed by atoms with Crippen molar-refractivity contribution < 1.29 is 28.2 Å². The summed E-state index contributed by atoms with van der Waals surface area (Å²) in [7, 11) is 0. The number of aliphatic hydroxyl groups is 2. The predicted molar refractivity (Wildman–Crippen MR) is 54.2 cm³/mol. The second-order valence-corrected chi connectivity index (χ2v) is 4.09. The first kappa shape index (κ1) is 12.8. The zero-order valence-corrected chi connectivity index (χ0v) is 9.11. The monoisotopic (exact) mass is 261 g/mol. The van der Waals surface area contributed by atoms with Gasteiger partial charge < -0.3 is 15.1 Å². The minimum atomic E-state index is -1.31. The normalized spacial score (nSPS) is 23.5. The Morgan fingerprint density at radius 3 is 2.00 bits per heavy atom. The lowest BCUT2D eigenvalue weighted by molar-refractivity contribution is 0.0572. The van der Waals surface area contributed by atoms with Gasteiger partial charge in [0.2, 0.25) is 0 Å². The molecule has 98 valence electrons. The maximum Gasteiger partial charge on any atom is 0.260 e. The van der Waals surface area contributed by atoms with Crippen molar-refractivity contribution in [2.45, 2.75) is 12.2 Å². The molecule has 2 rings (SSSR count). The summed E-state index contributed by atoms with van der Waals surface area (Å²) in [6.07, 6.45) is -2.30. The van der Waals surface area contributed by atoms with E-state index in [0.717, 1.165) is 4.90 Å². The van der Waals surface area contributed by atoms with E-state index < -0.39 is 41.1 Å². The number of carbonyl (C=O) groups excluding carboxylic acids is 1. The standard InChI is InChI=1S/C11H10F3NO3/c12-5-1-6(13)10(7(14)2-5)11(18)15-3-8(16)9(17)4-15/h1-2,8-9,16-17H,3-4H2. The number of halogens is 3. The molecule has 1 saturated heterocycles. The molecule has 0 spiro atoms. The van der Waals surface area contributed by atoms with Crippen LogP contribution in [0.3, 0.4) is 0 Å². The lowest BCUT2D eigenvalue weighted by Crippen LogP contribution is -2.31. The molecule has 0 bridgehead atoms. The number of β-amino-alcohol motifs (C(OH)–C–C–N with tert-alkyl or cyclic N) is 2. The van der Waals surface area contributed by atoms with Crippen LogP contribution in [0.15, 0.2) is 12.1 Å². The molecule has 1 aliphatic heterocycles. The quantitative estimate of drug-likeness (QED) is 0.763. The van der Waals surface area contributed by atoms with Crippen molar-refractivity contribution >= 4 is 5.91 Å². The minimum Gasteiger partial charge on any atom is -0.388 e. The number of rotatable bonds is 1. The summed E-state index contributed by atoms with van der Waals surface area (Å²) >= 11 is 0. The summed E-state index contributed by atoms with van der Waals surface area (Å²) in [6.45, 7) is -0.452. The van der Waals surface area contributed by atoms with Gasteiger partial charge in [-0.05, 0) is 0 Å². The molecule has 1 fully saturated rings.